The van der Waals surface area contributed by atoms with Crippen molar-refractivity contribution in [3.8, 4) is 0 Å². The Labute approximate surface area is 401 Å². The van der Waals surface area contributed by atoms with Crippen molar-refractivity contribution < 1.29 is 42.9 Å². The number of aliphatic carboxylic acids is 1. The van der Waals surface area contributed by atoms with Crippen LogP contribution in [0.1, 0.15) is 258 Å². The molecular weight excluding hydrogens is 815 g/mol. The summed E-state index contributed by atoms with van der Waals surface area (Å²) in [5, 5.41) is 9.68. The molecule has 1 N–H and O–H groups in total. The molecule has 0 radical (unpaired) electrons. The smallest absolute Gasteiger partial charge is 0.361 e. The van der Waals surface area contributed by atoms with Crippen LogP contribution >= 0.6 is 0 Å². The Hall–Kier alpha value is -2.23. The summed E-state index contributed by atoms with van der Waals surface area (Å²) in [6.07, 6.45) is 52.5. The van der Waals surface area contributed by atoms with E-state index in [1.54, 1.807) is 0 Å². The number of likely N-dealkylation sites (N-methyl/N-ethyl adjacent to an activating group) is 1. The van der Waals surface area contributed by atoms with E-state index in [0.29, 0.717) is 17.4 Å². The van der Waals surface area contributed by atoms with Gasteiger partial charge in [-0.2, -0.15) is 0 Å². The Bertz CT molecular complexity index is 1120. The number of carboxylic acids is 1. The van der Waals surface area contributed by atoms with Gasteiger partial charge in [0.2, 0.25) is 0 Å². The minimum absolute atomic E-state index is 0.183. The van der Waals surface area contributed by atoms with Gasteiger partial charge in [-0.25, -0.2) is 4.79 Å². The molecular formula is C56H106NO8+. The van der Waals surface area contributed by atoms with Crippen LogP contribution in [0.4, 0.5) is 0 Å². The number of quaternary nitrogens is 1. The molecule has 0 saturated heterocycles. The minimum Gasteiger partial charge on any atom is -0.477 e. The van der Waals surface area contributed by atoms with Crippen LogP contribution in [0.5, 0.6) is 0 Å². The summed E-state index contributed by atoms with van der Waals surface area (Å²) in [5.74, 6) is -2.00. The molecule has 9 nitrogen and oxygen atoms in total. The number of carbonyl (C=O) groups is 3. The van der Waals surface area contributed by atoms with Gasteiger partial charge in [-0.3, -0.25) is 9.59 Å². The third-order valence-corrected chi connectivity index (χ3v) is 12.2. The summed E-state index contributed by atoms with van der Waals surface area (Å²) in [6.45, 7) is 4.89. The molecule has 0 amide bonds. The first-order valence-electron chi connectivity index (χ1n) is 27.5. The number of ether oxygens (including phenoxy) is 4. The van der Waals surface area contributed by atoms with E-state index >= 15 is 0 Å². The predicted octanol–water partition coefficient (Wildman–Crippen LogP) is 15.6. The van der Waals surface area contributed by atoms with E-state index in [9.17, 15) is 19.5 Å². The molecule has 0 aromatic carbocycles. The molecule has 65 heavy (non-hydrogen) atoms. The number of rotatable bonds is 51. The molecule has 382 valence electrons. The molecule has 0 heterocycles. The lowest BCUT2D eigenvalue weighted by atomic mass is 10.0. The highest BCUT2D eigenvalue weighted by Crippen LogP contribution is 2.16. The van der Waals surface area contributed by atoms with Gasteiger partial charge in [0.05, 0.1) is 34.4 Å². The lowest BCUT2D eigenvalue weighted by Crippen LogP contribution is -2.40. The van der Waals surface area contributed by atoms with Gasteiger partial charge in [0.25, 0.3) is 6.29 Å². The molecule has 0 rings (SSSR count). The zero-order chi connectivity index (χ0) is 47.7. The van der Waals surface area contributed by atoms with Gasteiger partial charge in [-0.1, -0.05) is 205 Å². The Kier molecular flexibility index (Phi) is 46.6. The summed E-state index contributed by atoms with van der Waals surface area (Å²) in [4.78, 5) is 37.3. The van der Waals surface area contributed by atoms with Crippen molar-refractivity contribution in [3.63, 3.8) is 0 Å². The number of allylic oxidation sites excluding steroid dienone is 4. The number of esters is 2. The second-order valence-corrected chi connectivity index (χ2v) is 19.9. The normalized spacial score (nSPS) is 12.9. The Balaban J connectivity index is 4.23. The first kappa shape index (κ1) is 62.8. The van der Waals surface area contributed by atoms with Gasteiger partial charge >= 0.3 is 17.9 Å². The van der Waals surface area contributed by atoms with E-state index in [1.165, 1.54) is 180 Å². The maximum Gasteiger partial charge on any atom is 0.361 e. The number of nitrogens with zero attached hydrogens (tertiary/aromatic N) is 1. The average molecular weight is 921 g/mol. The minimum atomic E-state index is -1.51. The molecule has 0 aliphatic carbocycles. The van der Waals surface area contributed by atoms with Crippen LogP contribution in [-0.2, 0) is 33.3 Å². The van der Waals surface area contributed by atoms with E-state index in [2.05, 4.69) is 38.2 Å². The van der Waals surface area contributed by atoms with Crippen molar-refractivity contribution in [3.05, 3.63) is 24.3 Å². The molecule has 0 bridgehead atoms. The summed E-state index contributed by atoms with van der Waals surface area (Å²) < 4.78 is 22.8. The summed E-state index contributed by atoms with van der Waals surface area (Å²) in [6, 6.07) is 0. The van der Waals surface area contributed by atoms with Crippen LogP contribution in [0, 0.1) is 0 Å². The Morgan fingerprint density at radius 2 is 0.785 bits per heavy atom. The number of carbonyl (C=O) groups excluding carboxylic acids is 2. The Morgan fingerprint density at radius 3 is 1.14 bits per heavy atom. The second-order valence-electron chi connectivity index (χ2n) is 19.9. The highest BCUT2D eigenvalue weighted by molar-refractivity contribution is 5.71. The van der Waals surface area contributed by atoms with Crippen LogP contribution in [0.2, 0.25) is 0 Å². The van der Waals surface area contributed by atoms with Gasteiger partial charge < -0.3 is 28.5 Å². The lowest BCUT2D eigenvalue weighted by molar-refractivity contribution is -0.870. The molecule has 0 aromatic rings. The number of carboxylic acid groups (broad SMARTS) is 1. The third kappa shape index (κ3) is 49.5. The topological polar surface area (TPSA) is 108 Å². The van der Waals surface area contributed by atoms with E-state index < -0.39 is 24.3 Å². The summed E-state index contributed by atoms with van der Waals surface area (Å²) in [5.41, 5.74) is 0. The van der Waals surface area contributed by atoms with Crippen LogP contribution in [0.3, 0.4) is 0 Å². The molecule has 0 fully saturated rings. The van der Waals surface area contributed by atoms with Crippen LogP contribution in [0.15, 0.2) is 24.3 Å². The highest BCUT2D eigenvalue weighted by atomic mass is 16.7. The fraction of sp³-hybridized carbons (Fsp3) is 0.875. The molecule has 0 aliphatic rings. The van der Waals surface area contributed by atoms with Crippen molar-refractivity contribution in [2.75, 3.05) is 47.5 Å². The summed E-state index contributed by atoms with van der Waals surface area (Å²) >= 11 is 0. The molecule has 0 aliphatic heterocycles. The zero-order valence-electron chi connectivity index (χ0n) is 43.4. The maximum absolute atomic E-state index is 12.8. The monoisotopic (exact) mass is 921 g/mol. The van der Waals surface area contributed by atoms with Crippen molar-refractivity contribution in [2.45, 2.75) is 270 Å². The van der Waals surface area contributed by atoms with E-state index in [0.717, 1.165) is 51.4 Å². The Morgan fingerprint density at radius 1 is 0.446 bits per heavy atom. The molecule has 2 unspecified atom stereocenters. The second kappa shape index (κ2) is 48.2. The highest BCUT2D eigenvalue weighted by Gasteiger charge is 2.25. The number of unbranched alkanes of at least 4 members (excludes halogenated alkanes) is 32. The molecule has 0 saturated carbocycles. The molecule has 0 aromatic heterocycles. The standard InChI is InChI=1S/C56H105NO8/c1-6-8-10-12-14-16-18-20-22-23-24-25-26-27-28-29-30-31-33-35-37-39-41-43-45-47-54(59)65-52(51-64-56(55(60)61)62-49-48-57(3,4)5)50-63-53(58)46-44-42-40-38-36-34-32-21-19-17-15-13-11-9-7-2/h21,23-24,32,52,56H,6-20,22,25-31,33-51H2,1-5H3/p+1/b24-23-,32-21-. The predicted molar refractivity (Wildman–Crippen MR) is 272 cm³/mol. The van der Waals surface area contributed by atoms with E-state index in [4.69, 9.17) is 18.9 Å². The van der Waals surface area contributed by atoms with Gasteiger partial charge in [-0.15, -0.1) is 0 Å². The van der Waals surface area contributed by atoms with Gasteiger partial charge in [0, 0.05) is 12.8 Å². The number of hydrogen-bond donors (Lipinski definition) is 1. The zero-order valence-corrected chi connectivity index (χ0v) is 43.4. The first-order valence-corrected chi connectivity index (χ1v) is 27.5. The largest absolute Gasteiger partial charge is 0.477 e. The SMILES string of the molecule is CCCCCCCC/C=C\CCCCCCCC(=O)OCC(COC(OCC[N+](C)(C)C)C(=O)O)OC(=O)CCCCCCCCCCCCCCC/C=C\CCCCCCCCCC. The van der Waals surface area contributed by atoms with E-state index in [1.807, 2.05) is 21.1 Å². The first-order chi connectivity index (χ1) is 31.6. The van der Waals surface area contributed by atoms with E-state index in [-0.39, 0.29) is 32.2 Å². The van der Waals surface area contributed by atoms with Crippen molar-refractivity contribution >= 4 is 17.9 Å². The van der Waals surface area contributed by atoms with Gasteiger partial charge in [-0.05, 0) is 64.2 Å². The quantitative estimate of drug-likeness (QED) is 0.0211. The van der Waals surface area contributed by atoms with Crippen LogP contribution < -0.4 is 0 Å². The van der Waals surface area contributed by atoms with Crippen LogP contribution in [0.25, 0.3) is 0 Å². The fourth-order valence-electron chi connectivity index (χ4n) is 7.89. The van der Waals surface area contributed by atoms with Crippen molar-refractivity contribution in [1.82, 2.24) is 0 Å². The summed E-state index contributed by atoms with van der Waals surface area (Å²) in [7, 11) is 5.97. The van der Waals surface area contributed by atoms with Gasteiger partial charge in [0.15, 0.2) is 6.10 Å². The lowest BCUT2D eigenvalue weighted by Gasteiger charge is -2.25. The average Bonchev–Trinajstić information content (AvgIpc) is 3.27. The maximum atomic E-state index is 12.8. The molecule has 2 atom stereocenters. The third-order valence-electron chi connectivity index (χ3n) is 12.2. The number of hydrogen-bond acceptors (Lipinski definition) is 7. The van der Waals surface area contributed by atoms with Crippen molar-refractivity contribution in [2.24, 2.45) is 0 Å². The van der Waals surface area contributed by atoms with Crippen molar-refractivity contribution in [1.29, 1.82) is 0 Å². The molecule has 9 heteroatoms. The van der Waals surface area contributed by atoms with Crippen LogP contribution in [-0.4, -0.2) is 87.4 Å². The fourth-order valence-corrected chi connectivity index (χ4v) is 7.89. The molecule has 0 spiro atoms. The van der Waals surface area contributed by atoms with Gasteiger partial charge in [0.1, 0.15) is 13.2 Å².